The molecule has 7 heteroatoms. The van der Waals surface area contributed by atoms with Crippen LogP contribution in [0.2, 0.25) is 0 Å². The fourth-order valence-electron chi connectivity index (χ4n) is 3.82. The van der Waals surface area contributed by atoms with Gasteiger partial charge in [0.1, 0.15) is 11.5 Å². The number of hydrogen-bond donors (Lipinski definition) is 2. The number of methoxy groups -OCH3 is 1. The second-order valence-electron chi connectivity index (χ2n) is 6.79. The normalized spacial score (nSPS) is 18.2. The Morgan fingerprint density at radius 3 is 2.89 bits per heavy atom. The highest BCUT2D eigenvalue weighted by atomic mass is 16.7. The van der Waals surface area contributed by atoms with E-state index in [1.165, 1.54) is 18.2 Å². The Morgan fingerprint density at radius 1 is 1.30 bits per heavy atom. The Labute approximate surface area is 156 Å². The van der Waals surface area contributed by atoms with Gasteiger partial charge in [0.2, 0.25) is 12.5 Å². The Hall–Kier alpha value is -2.93. The summed E-state index contributed by atoms with van der Waals surface area (Å²) in [5.74, 6) is 1.34. The summed E-state index contributed by atoms with van der Waals surface area (Å²) >= 11 is 0. The second kappa shape index (κ2) is 6.66. The first-order chi connectivity index (χ1) is 13.0. The molecule has 4 rings (SSSR count). The Morgan fingerprint density at radius 2 is 2.11 bits per heavy atom. The zero-order chi connectivity index (χ0) is 19.1. The number of fused-ring (bicyclic) bond motifs is 2. The quantitative estimate of drug-likeness (QED) is 0.631. The zero-order valence-electron chi connectivity index (χ0n) is 15.2. The summed E-state index contributed by atoms with van der Waals surface area (Å²) < 4.78 is 16.7. The van der Waals surface area contributed by atoms with Gasteiger partial charge in [0, 0.05) is 24.6 Å². The zero-order valence-corrected chi connectivity index (χ0v) is 15.2. The number of phenolic OH excluding ortho intramolecular Hbond substituents is 2. The molecule has 142 valence electrons. The molecule has 2 aliphatic heterocycles. The molecule has 0 saturated heterocycles. The van der Waals surface area contributed by atoms with E-state index >= 15 is 0 Å². The lowest BCUT2D eigenvalue weighted by Gasteiger charge is -2.35. The van der Waals surface area contributed by atoms with Gasteiger partial charge < -0.3 is 24.4 Å². The highest BCUT2D eigenvalue weighted by Crippen LogP contribution is 2.50. The van der Waals surface area contributed by atoms with Crippen molar-refractivity contribution >= 4 is 5.78 Å². The van der Waals surface area contributed by atoms with Gasteiger partial charge in [-0.2, -0.15) is 0 Å². The van der Waals surface area contributed by atoms with Crippen molar-refractivity contribution in [3.63, 3.8) is 0 Å². The number of phenols is 2. The Balaban J connectivity index is 1.74. The van der Waals surface area contributed by atoms with E-state index < -0.39 is 0 Å². The molecule has 0 aliphatic carbocycles. The molecule has 2 aromatic carbocycles. The van der Waals surface area contributed by atoms with Gasteiger partial charge in [-0.3, -0.25) is 9.69 Å². The number of hydrogen-bond acceptors (Lipinski definition) is 7. The highest BCUT2D eigenvalue weighted by Gasteiger charge is 2.35. The number of ether oxygens (including phenoxy) is 3. The minimum absolute atomic E-state index is 0.0607. The van der Waals surface area contributed by atoms with Crippen LogP contribution < -0.4 is 14.2 Å². The van der Waals surface area contributed by atoms with E-state index in [1.54, 1.807) is 7.11 Å². The fourth-order valence-corrected chi connectivity index (χ4v) is 3.82. The second-order valence-corrected chi connectivity index (χ2v) is 6.79. The van der Waals surface area contributed by atoms with Crippen LogP contribution in [0, 0.1) is 0 Å². The Bertz CT molecular complexity index is 910. The maximum absolute atomic E-state index is 12.9. The molecule has 2 aromatic rings. The van der Waals surface area contributed by atoms with Crippen molar-refractivity contribution in [3.8, 4) is 28.7 Å². The molecule has 2 N–H and O–H groups in total. The number of carbonyl (C=O) groups is 1. The molecule has 0 fully saturated rings. The van der Waals surface area contributed by atoms with Crippen LogP contribution in [0.5, 0.6) is 28.7 Å². The van der Waals surface area contributed by atoms with Crippen LogP contribution in [0.4, 0.5) is 0 Å². The van der Waals surface area contributed by atoms with Gasteiger partial charge in [0.15, 0.2) is 17.3 Å². The van der Waals surface area contributed by atoms with Crippen molar-refractivity contribution in [1.29, 1.82) is 0 Å². The third-order valence-corrected chi connectivity index (χ3v) is 5.21. The van der Waals surface area contributed by atoms with E-state index in [1.807, 2.05) is 13.1 Å². The maximum Gasteiger partial charge on any atom is 0.231 e. The van der Waals surface area contributed by atoms with Crippen molar-refractivity contribution < 1.29 is 29.2 Å². The highest BCUT2D eigenvalue weighted by molar-refractivity contribution is 5.99. The number of ketones is 1. The van der Waals surface area contributed by atoms with Crippen LogP contribution in [-0.4, -0.2) is 48.4 Å². The smallest absolute Gasteiger partial charge is 0.231 e. The van der Waals surface area contributed by atoms with Crippen LogP contribution in [0.1, 0.15) is 33.9 Å². The molecule has 0 radical (unpaired) electrons. The molecule has 7 nitrogen and oxygen atoms in total. The van der Waals surface area contributed by atoms with Crippen LogP contribution >= 0.6 is 0 Å². The van der Waals surface area contributed by atoms with Crippen molar-refractivity contribution in [3.05, 3.63) is 41.0 Å². The topological polar surface area (TPSA) is 88.5 Å². The third-order valence-electron chi connectivity index (χ3n) is 5.21. The predicted octanol–water partition coefficient (Wildman–Crippen LogP) is 2.64. The number of likely N-dealkylation sites (N-methyl/N-ethyl adjacent to an activating group) is 1. The lowest BCUT2D eigenvalue weighted by Crippen LogP contribution is -2.34. The van der Waals surface area contributed by atoms with Crippen LogP contribution in [0.25, 0.3) is 0 Å². The number of nitrogens with zero attached hydrogens (tertiary/aromatic N) is 1. The average molecular weight is 371 g/mol. The van der Waals surface area contributed by atoms with Crippen molar-refractivity contribution in [2.24, 2.45) is 0 Å². The lowest BCUT2D eigenvalue weighted by molar-refractivity contribution is 0.0922. The fraction of sp³-hybridized carbons (Fsp3) is 0.350. The lowest BCUT2D eigenvalue weighted by atomic mass is 9.87. The van der Waals surface area contributed by atoms with E-state index in [0.29, 0.717) is 17.2 Å². The van der Waals surface area contributed by atoms with Crippen molar-refractivity contribution in [2.75, 3.05) is 27.5 Å². The molecule has 0 amide bonds. The molecule has 0 saturated carbocycles. The molecule has 2 heterocycles. The predicted molar refractivity (Wildman–Crippen MR) is 96.9 cm³/mol. The number of carbonyl (C=O) groups excluding carboxylic acids is 1. The van der Waals surface area contributed by atoms with E-state index in [2.05, 4.69) is 4.90 Å². The van der Waals surface area contributed by atoms with Gasteiger partial charge in [-0.25, -0.2) is 0 Å². The van der Waals surface area contributed by atoms with Gasteiger partial charge in [-0.15, -0.1) is 0 Å². The van der Waals surface area contributed by atoms with Crippen molar-refractivity contribution in [1.82, 2.24) is 4.90 Å². The molecule has 0 spiro atoms. The summed E-state index contributed by atoms with van der Waals surface area (Å²) in [5, 5.41) is 19.7. The summed E-state index contributed by atoms with van der Waals surface area (Å²) in [5.41, 5.74) is 2.07. The first-order valence-corrected chi connectivity index (χ1v) is 8.74. The third kappa shape index (κ3) is 2.94. The maximum atomic E-state index is 12.9. The molecule has 0 aromatic heterocycles. The molecule has 0 unspecified atom stereocenters. The molecule has 1 atom stereocenters. The Kier molecular flexibility index (Phi) is 4.31. The molecular weight excluding hydrogens is 350 g/mol. The van der Waals surface area contributed by atoms with Crippen molar-refractivity contribution in [2.45, 2.75) is 18.9 Å². The summed E-state index contributed by atoms with van der Waals surface area (Å²) in [4.78, 5) is 15.0. The first-order valence-electron chi connectivity index (χ1n) is 8.74. The number of Topliss-reactive ketones (excluding diaryl/α,β-unsaturated/α-hetero) is 1. The van der Waals surface area contributed by atoms with Gasteiger partial charge in [0.25, 0.3) is 0 Å². The van der Waals surface area contributed by atoms with E-state index in [9.17, 15) is 15.0 Å². The minimum atomic E-state index is -0.257. The van der Waals surface area contributed by atoms with E-state index in [4.69, 9.17) is 14.2 Å². The van der Waals surface area contributed by atoms with Crippen LogP contribution in [0.15, 0.2) is 24.3 Å². The summed E-state index contributed by atoms with van der Waals surface area (Å²) in [7, 11) is 3.53. The minimum Gasteiger partial charge on any atom is -0.508 e. The molecule has 2 aliphatic rings. The van der Waals surface area contributed by atoms with Crippen LogP contribution in [-0.2, 0) is 6.42 Å². The molecule has 27 heavy (non-hydrogen) atoms. The van der Waals surface area contributed by atoms with Crippen LogP contribution in [0.3, 0.4) is 0 Å². The largest absolute Gasteiger partial charge is 0.508 e. The standard InChI is InChI=1S/C20H21NO6/c1-21-6-5-11-7-17-19(27-10-26-17)20(25-2)18(11)14(21)9-16(24)13-8-12(22)3-4-15(13)23/h3-4,7-8,14,22-23H,5-6,9-10H2,1-2H3/t14-/m0/s1. The monoisotopic (exact) mass is 371 g/mol. The number of rotatable bonds is 4. The van der Waals surface area contributed by atoms with Gasteiger partial charge in [0.05, 0.1) is 12.7 Å². The number of benzene rings is 2. The summed E-state index contributed by atoms with van der Waals surface area (Å²) in [6.07, 6.45) is 0.942. The SMILES string of the molecule is COc1c2c(cc3c1[C@H](CC(=O)c1cc(O)ccc1O)N(C)CC3)OCO2. The molecular formula is C20H21NO6. The van der Waals surface area contributed by atoms with E-state index in [0.717, 1.165) is 24.1 Å². The summed E-state index contributed by atoms with van der Waals surface area (Å²) in [6, 6.07) is 5.67. The first kappa shape index (κ1) is 17.5. The average Bonchev–Trinajstić information content (AvgIpc) is 3.12. The summed E-state index contributed by atoms with van der Waals surface area (Å²) in [6.45, 7) is 0.922. The van der Waals surface area contributed by atoms with Gasteiger partial charge >= 0.3 is 0 Å². The number of aromatic hydroxyl groups is 2. The molecule has 0 bridgehead atoms. The van der Waals surface area contributed by atoms with Gasteiger partial charge in [-0.05, 0) is 43.3 Å². The van der Waals surface area contributed by atoms with E-state index in [-0.39, 0.29) is 42.1 Å². The van der Waals surface area contributed by atoms with Gasteiger partial charge in [-0.1, -0.05) is 0 Å².